The van der Waals surface area contributed by atoms with Crippen LogP contribution in [0.1, 0.15) is 26.4 Å². The van der Waals surface area contributed by atoms with E-state index in [9.17, 15) is 4.79 Å². The number of carbonyl (C=O) groups excluding carboxylic acids is 1. The molecule has 0 aliphatic heterocycles. The van der Waals surface area contributed by atoms with E-state index >= 15 is 0 Å². The van der Waals surface area contributed by atoms with Gasteiger partial charge in [-0.2, -0.15) is 0 Å². The molecule has 3 aromatic rings. The minimum atomic E-state index is -0.118. The Bertz CT molecular complexity index is 883. The van der Waals surface area contributed by atoms with Gasteiger partial charge in [-0.15, -0.1) is 0 Å². The van der Waals surface area contributed by atoms with Crippen molar-refractivity contribution in [2.24, 2.45) is 0 Å². The molecule has 0 aliphatic rings. The maximum Gasteiger partial charge on any atom is 0.206 e. The fraction of sp³-hybridized carbons (Fsp3) is 0.111. The summed E-state index contributed by atoms with van der Waals surface area (Å²) in [7, 11) is 0. The average Bonchev–Trinajstić information content (AvgIpc) is 2.92. The smallest absolute Gasteiger partial charge is 0.206 e. The Morgan fingerprint density at radius 1 is 1.12 bits per heavy atom. The molecule has 0 saturated heterocycles. The zero-order valence-electron chi connectivity index (χ0n) is 13.3. The highest BCUT2D eigenvalue weighted by Crippen LogP contribution is 2.32. The molecule has 122 valence electrons. The maximum absolute atomic E-state index is 12.6. The van der Waals surface area contributed by atoms with Gasteiger partial charge >= 0.3 is 0 Å². The number of para-hydroxylation sites is 1. The monoisotopic (exact) mass is 401 g/mol. The number of ketones is 1. The average molecular weight is 402 g/mol. The molecule has 1 aromatic heterocycles. The number of nitrogens with zero attached hydrogens (tertiary/aromatic N) is 1. The SMILES string of the molecule is Cc1cccc(C)c1Nc1nc(N)c(C(=O)c2ccc(Br)cc2)s1. The molecule has 2 aromatic carbocycles. The summed E-state index contributed by atoms with van der Waals surface area (Å²) in [5, 5.41) is 3.90. The Hall–Kier alpha value is -2.18. The molecule has 0 fully saturated rings. The minimum Gasteiger partial charge on any atom is -0.382 e. The van der Waals surface area contributed by atoms with Crippen molar-refractivity contribution in [3.05, 3.63) is 68.5 Å². The summed E-state index contributed by atoms with van der Waals surface area (Å²) in [4.78, 5) is 17.4. The summed E-state index contributed by atoms with van der Waals surface area (Å²) in [6.45, 7) is 4.06. The lowest BCUT2D eigenvalue weighted by molar-refractivity contribution is 0.104. The van der Waals surface area contributed by atoms with Gasteiger partial charge in [0.1, 0.15) is 10.7 Å². The predicted molar refractivity (Wildman–Crippen MR) is 103 cm³/mol. The summed E-state index contributed by atoms with van der Waals surface area (Å²) < 4.78 is 0.925. The topological polar surface area (TPSA) is 68.0 Å². The van der Waals surface area contributed by atoms with E-state index in [-0.39, 0.29) is 11.6 Å². The quantitative estimate of drug-likeness (QED) is 0.598. The summed E-state index contributed by atoms with van der Waals surface area (Å²) in [5.74, 6) is 0.133. The van der Waals surface area contributed by atoms with Crippen molar-refractivity contribution >= 4 is 49.7 Å². The van der Waals surface area contributed by atoms with Gasteiger partial charge in [-0.3, -0.25) is 4.79 Å². The summed E-state index contributed by atoms with van der Waals surface area (Å²) in [6.07, 6.45) is 0. The van der Waals surface area contributed by atoms with Gasteiger partial charge in [0.05, 0.1) is 0 Å². The number of halogens is 1. The Balaban J connectivity index is 1.90. The largest absolute Gasteiger partial charge is 0.382 e. The molecule has 0 unspecified atom stereocenters. The highest BCUT2D eigenvalue weighted by molar-refractivity contribution is 9.10. The molecule has 0 atom stereocenters. The van der Waals surface area contributed by atoms with E-state index < -0.39 is 0 Å². The van der Waals surface area contributed by atoms with Crippen molar-refractivity contribution in [1.29, 1.82) is 0 Å². The van der Waals surface area contributed by atoms with Gasteiger partial charge in [0.15, 0.2) is 5.13 Å². The van der Waals surface area contributed by atoms with Gasteiger partial charge < -0.3 is 11.1 Å². The molecule has 0 saturated carbocycles. The van der Waals surface area contributed by atoms with Gasteiger partial charge in [-0.1, -0.05) is 45.5 Å². The molecule has 1 heterocycles. The van der Waals surface area contributed by atoms with Crippen molar-refractivity contribution in [2.75, 3.05) is 11.1 Å². The highest BCUT2D eigenvalue weighted by Gasteiger charge is 2.18. The van der Waals surface area contributed by atoms with Crippen LogP contribution in [0.2, 0.25) is 0 Å². The van der Waals surface area contributed by atoms with Crippen molar-refractivity contribution in [3.63, 3.8) is 0 Å². The van der Waals surface area contributed by atoms with E-state index in [0.717, 1.165) is 21.3 Å². The van der Waals surface area contributed by atoms with Crippen LogP contribution >= 0.6 is 27.3 Å². The number of rotatable bonds is 4. The number of nitrogens with one attached hydrogen (secondary N) is 1. The van der Waals surface area contributed by atoms with E-state index in [1.165, 1.54) is 11.3 Å². The van der Waals surface area contributed by atoms with Gasteiger partial charge in [-0.25, -0.2) is 4.98 Å². The maximum atomic E-state index is 12.6. The number of hydrogen-bond acceptors (Lipinski definition) is 5. The van der Waals surface area contributed by atoms with Gasteiger partial charge in [0, 0.05) is 15.7 Å². The molecule has 3 N–H and O–H groups in total. The lowest BCUT2D eigenvalue weighted by atomic mass is 10.1. The lowest BCUT2D eigenvalue weighted by Gasteiger charge is -2.09. The first-order valence-corrected chi connectivity index (χ1v) is 8.96. The number of anilines is 3. The van der Waals surface area contributed by atoms with E-state index in [0.29, 0.717) is 15.6 Å². The number of nitrogens with two attached hydrogens (primary N) is 1. The van der Waals surface area contributed by atoms with Crippen LogP contribution in [0, 0.1) is 13.8 Å². The Labute approximate surface area is 152 Å². The van der Waals surface area contributed by atoms with Gasteiger partial charge in [0.2, 0.25) is 5.78 Å². The standard InChI is InChI=1S/C18H16BrN3OS/c1-10-4-3-5-11(2)14(10)21-18-22-17(20)16(24-18)15(23)12-6-8-13(19)9-7-12/h3-9H,20H2,1-2H3,(H,21,22). The van der Waals surface area contributed by atoms with E-state index in [1.54, 1.807) is 12.1 Å². The fourth-order valence-corrected chi connectivity index (χ4v) is 3.51. The zero-order valence-corrected chi connectivity index (χ0v) is 15.7. The molecule has 0 amide bonds. The van der Waals surface area contributed by atoms with Crippen LogP contribution in [0.5, 0.6) is 0 Å². The van der Waals surface area contributed by atoms with Crippen molar-refractivity contribution in [2.45, 2.75) is 13.8 Å². The van der Waals surface area contributed by atoms with Gasteiger partial charge in [-0.05, 0) is 49.2 Å². The van der Waals surface area contributed by atoms with Crippen LogP contribution in [0.4, 0.5) is 16.6 Å². The number of hydrogen-bond donors (Lipinski definition) is 2. The Morgan fingerprint density at radius 3 is 2.38 bits per heavy atom. The van der Waals surface area contributed by atoms with E-state index in [4.69, 9.17) is 5.73 Å². The molecular formula is C18H16BrN3OS. The van der Waals surface area contributed by atoms with Crippen LogP contribution in [-0.4, -0.2) is 10.8 Å². The third-order valence-electron chi connectivity index (χ3n) is 3.68. The first-order valence-electron chi connectivity index (χ1n) is 7.35. The first kappa shape index (κ1) is 16.7. The zero-order chi connectivity index (χ0) is 17.3. The third kappa shape index (κ3) is 3.34. The van der Waals surface area contributed by atoms with E-state index in [1.807, 2.05) is 44.2 Å². The fourth-order valence-electron chi connectivity index (χ4n) is 2.40. The van der Waals surface area contributed by atoms with Crippen molar-refractivity contribution < 1.29 is 4.79 Å². The molecular weight excluding hydrogens is 386 g/mol. The number of nitrogen functional groups attached to an aromatic ring is 1. The third-order valence-corrected chi connectivity index (χ3v) is 5.19. The van der Waals surface area contributed by atoms with Crippen molar-refractivity contribution in [1.82, 2.24) is 4.98 Å². The lowest BCUT2D eigenvalue weighted by Crippen LogP contribution is -2.02. The van der Waals surface area contributed by atoms with Crippen LogP contribution in [-0.2, 0) is 0 Å². The molecule has 3 rings (SSSR count). The second kappa shape index (κ2) is 6.75. The van der Waals surface area contributed by atoms with Crippen LogP contribution in [0.25, 0.3) is 0 Å². The number of carbonyl (C=O) groups is 1. The second-order valence-corrected chi connectivity index (χ2v) is 7.38. The number of benzene rings is 2. The van der Waals surface area contributed by atoms with Crippen molar-refractivity contribution in [3.8, 4) is 0 Å². The molecule has 0 spiro atoms. The number of aromatic nitrogens is 1. The summed E-state index contributed by atoms with van der Waals surface area (Å²) in [5.41, 5.74) is 9.78. The van der Waals surface area contributed by atoms with Gasteiger partial charge in [0.25, 0.3) is 0 Å². The van der Waals surface area contributed by atoms with E-state index in [2.05, 4.69) is 26.2 Å². The molecule has 24 heavy (non-hydrogen) atoms. The molecule has 6 heteroatoms. The highest BCUT2D eigenvalue weighted by atomic mass is 79.9. The van der Waals surface area contributed by atoms with Crippen LogP contribution in [0.15, 0.2) is 46.9 Å². The number of thiazole rings is 1. The first-order chi connectivity index (χ1) is 11.5. The normalized spacial score (nSPS) is 10.6. The Morgan fingerprint density at radius 2 is 1.75 bits per heavy atom. The molecule has 4 nitrogen and oxygen atoms in total. The Kier molecular flexibility index (Phi) is 4.69. The molecule has 0 bridgehead atoms. The summed E-state index contributed by atoms with van der Waals surface area (Å²) in [6, 6.07) is 13.3. The molecule has 0 radical (unpaired) electrons. The number of aryl methyl sites for hydroxylation is 2. The van der Waals surface area contributed by atoms with Crippen LogP contribution < -0.4 is 11.1 Å². The molecule has 0 aliphatic carbocycles. The minimum absolute atomic E-state index is 0.118. The summed E-state index contributed by atoms with van der Waals surface area (Å²) >= 11 is 4.63. The predicted octanol–water partition coefficient (Wildman–Crippen LogP) is 5.08. The van der Waals surface area contributed by atoms with Crippen LogP contribution in [0.3, 0.4) is 0 Å². The second-order valence-electron chi connectivity index (χ2n) is 5.46.